The average molecular weight is 247 g/mol. The lowest BCUT2D eigenvalue weighted by molar-refractivity contribution is 0.132. The van der Waals surface area contributed by atoms with Crippen LogP contribution in [0.4, 0.5) is 4.39 Å². The Kier molecular flexibility index (Phi) is 4.85. The van der Waals surface area contributed by atoms with Crippen LogP contribution >= 0.6 is 0 Å². The van der Waals surface area contributed by atoms with Gasteiger partial charge in [-0.05, 0) is 11.1 Å². The first-order valence-corrected chi connectivity index (χ1v) is 6.11. The summed E-state index contributed by atoms with van der Waals surface area (Å²) in [4.78, 5) is 0. The summed E-state index contributed by atoms with van der Waals surface area (Å²) in [5.41, 5.74) is 6.45. The van der Waals surface area contributed by atoms with Gasteiger partial charge in [0, 0.05) is 0 Å². The van der Waals surface area contributed by atoms with Crippen LogP contribution in [-0.4, -0.2) is 26.2 Å². The molecular weight excluding hydrogens is 233 g/mol. The van der Waals surface area contributed by atoms with Crippen LogP contribution in [0.15, 0.2) is 24.3 Å². The number of nitrogens with two attached hydrogens (primary N) is 1. The lowest BCUT2D eigenvalue weighted by Crippen LogP contribution is -2.30. The molecule has 0 aromatic heterocycles. The molecule has 0 unspecified atom stereocenters. The molecule has 0 saturated carbocycles. The van der Waals surface area contributed by atoms with Gasteiger partial charge >= 0.3 is 0 Å². The first-order valence-electron chi connectivity index (χ1n) is 4.75. The van der Waals surface area contributed by atoms with Gasteiger partial charge in [-0.1, -0.05) is 24.3 Å². The summed E-state index contributed by atoms with van der Waals surface area (Å²) in [7, 11) is -2.46. The summed E-state index contributed by atoms with van der Waals surface area (Å²) in [6.07, 6.45) is -1.07. The minimum absolute atomic E-state index is 0.0408. The van der Waals surface area contributed by atoms with E-state index in [1.807, 2.05) is 0 Å². The molecule has 1 rings (SSSR count). The zero-order valence-electron chi connectivity index (χ0n) is 8.54. The third-order valence-electron chi connectivity index (χ3n) is 2.22. The van der Waals surface area contributed by atoms with E-state index in [-0.39, 0.29) is 5.75 Å². The van der Waals surface area contributed by atoms with Gasteiger partial charge in [0.2, 0.25) is 0 Å². The molecule has 6 heteroatoms. The highest BCUT2D eigenvalue weighted by Crippen LogP contribution is 2.17. The van der Waals surface area contributed by atoms with Crippen molar-refractivity contribution in [3.05, 3.63) is 35.4 Å². The fraction of sp³-hybridized carbons (Fsp3) is 0.400. The Morgan fingerprint density at radius 2 is 1.88 bits per heavy atom. The third-order valence-corrected chi connectivity index (χ3v) is 2.84. The van der Waals surface area contributed by atoms with Gasteiger partial charge < -0.3 is 10.8 Å². The van der Waals surface area contributed by atoms with E-state index < -0.39 is 29.5 Å². The van der Waals surface area contributed by atoms with Gasteiger partial charge in [-0.15, -0.1) is 0 Å². The van der Waals surface area contributed by atoms with Gasteiger partial charge in [-0.3, -0.25) is 0 Å². The monoisotopic (exact) mass is 247 g/mol. The highest BCUT2D eigenvalue weighted by atomic mass is 32.2. The molecule has 0 amide bonds. The van der Waals surface area contributed by atoms with Crippen molar-refractivity contribution in [2.24, 2.45) is 5.73 Å². The van der Waals surface area contributed by atoms with Crippen LogP contribution in [0.5, 0.6) is 0 Å². The smallest absolute Gasteiger partial charge is 0.144 e. The van der Waals surface area contributed by atoms with Crippen molar-refractivity contribution in [2.45, 2.75) is 17.9 Å². The first-order chi connectivity index (χ1) is 7.54. The second kappa shape index (κ2) is 5.93. The zero-order valence-corrected chi connectivity index (χ0v) is 9.44. The molecule has 0 spiro atoms. The minimum atomic E-state index is -2.46. The molecule has 2 atom stereocenters. The summed E-state index contributed by atoms with van der Waals surface area (Å²) in [6, 6.07) is 5.30. The summed E-state index contributed by atoms with van der Waals surface area (Å²) in [5.74, 6) is -0.0408. The molecule has 0 aliphatic heterocycles. The molecule has 0 fully saturated rings. The maximum atomic E-state index is 12.2. The summed E-state index contributed by atoms with van der Waals surface area (Å²) < 4.78 is 33.1. The largest absolute Gasteiger partial charge is 0.387 e. The number of halogens is 1. The molecule has 0 heterocycles. The quantitative estimate of drug-likeness (QED) is 0.646. The number of thiol groups is 1. The molecule has 0 saturated heterocycles. The Morgan fingerprint density at radius 1 is 1.31 bits per heavy atom. The van der Waals surface area contributed by atoms with Crippen molar-refractivity contribution < 1.29 is 17.9 Å². The summed E-state index contributed by atoms with van der Waals surface area (Å²) >= 11 is 0. The van der Waals surface area contributed by atoms with Crippen molar-refractivity contribution in [1.82, 2.24) is 0 Å². The SMILES string of the molecule is N[C@H](CF)[C@H](O)c1ccc(C[SH](=O)=O)cc1. The second-order valence-electron chi connectivity index (χ2n) is 3.50. The number of aliphatic hydroxyl groups is 1. The predicted octanol–water partition coefficient (Wildman–Crippen LogP) is 0.128. The molecular formula is C10H14FNO3S. The Balaban J connectivity index is 2.78. The average Bonchev–Trinajstić information content (AvgIpc) is 2.27. The highest BCUT2D eigenvalue weighted by Gasteiger charge is 2.16. The molecule has 3 N–H and O–H groups in total. The van der Waals surface area contributed by atoms with Gasteiger partial charge in [0.25, 0.3) is 0 Å². The molecule has 1 aromatic carbocycles. The third kappa shape index (κ3) is 3.55. The number of aliphatic hydroxyl groups excluding tert-OH is 1. The van der Waals surface area contributed by atoms with E-state index >= 15 is 0 Å². The van der Waals surface area contributed by atoms with E-state index in [1.165, 1.54) is 0 Å². The summed E-state index contributed by atoms with van der Waals surface area (Å²) in [6.45, 7) is -0.810. The van der Waals surface area contributed by atoms with Crippen LogP contribution in [0.3, 0.4) is 0 Å². The predicted molar refractivity (Wildman–Crippen MR) is 59.4 cm³/mol. The Labute approximate surface area is 94.8 Å². The van der Waals surface area contributed by atoms with Crippen LogP contribution in [0, 0.1) is 0 Å². The maximum absolute atomic E-state index is 12.2. The van der Waals surface area contributed by atoms with Crippen LogP contribution in [0.1, 0.15) is 17.2 Å². The van der Waals surface area contributed by atoms with Crippen LogP contribution in [-0.2, 0) is 16.5 Å². The maximum Gasteiger partial charge on any atom is 0.144 e. The standard InChI is InChI=1S/C10H14FNO3S/c11-5-9(12)10(13)8-3-1-7(2-4-8)6-16(14)15/h1-4,9-10,13,16H,5-6,12H2/t9-,10-/m1/s1. The fourth-order valence-electron chi connectivity index (χ4n) is 1.30. The normalized spacial score (nSPS) is 15.0. The van der Waals surface area contributed by atoms with Crippen molar-refractivity contribution >= 4 is 10.7 Å². The van der Waals surface area contributed by atoms with Crippen LogP contribution < -0.4 is 5.73 Å². The van der Waals surface area contributed by atoms with Crippen molar-refractivity contribution in [2.75, 3.05) is 6.67 Å². The molecule has 1 aromatic rings. The topological polar surface area (TPSA) is 80.4 Å². The van der Waals surface area contributed by atoms with E-state index in [9.17, 15) is 17.9 Å². The number of hydrogen-bond acceptors (Lipinski definition) is 4. The lowest BCUT2D eigenvalue weighted by atomic mass is 10.0. The highest BCUT2D eigenvalue weighted by molar-refractivity contribution is 7.71. The fourth-order valence-corrected chi connectivity index (χ4v) is 1.81. The van der Waals surface area contributed by atoms with Crippen molar-refractivity contribution in [3.8, 4) is 0 Å². The number of alkyl halides is 1. The van der Waals surface area contributed by atoms with E-state index in [0.717, 1.165) is 0 Å². The van der Waals surface area contributed by atoms with Crippen LogP contribution in [0.25, 0.3) is 0 Å². The Morgan fingerprint density at radius 3 is 2.31 bits per heavy atom. The molecule has 0 aliphatic rings. The van der Waals surface area contributed by atoms with Gasteiger partial charge in [0.1, 0.15) is 17.4 Å². The minimum Gasteiger partial charge on any atom is -0.387 e. The second-order valence-corrected chi connectivity index (χ2v) is 4.48. The Bertz CT molecular complexity index is 397. The Hall–Kier alpha value is -0.980. The van der Waals surface area contributed by atoms with E-state index in [2.05, 4.69) is 0 Å². The van der Waals surface area contributed by atoms with Gasteiger partial charge in [0.05, 0.1) is 17.9 Å². The van der Waals surface area contributed by atoms with E-state index in [1.54, 1.807) is 24.3 Å². The number of benzene rings is 1. The van der Waals surface area contributed by atoms with Gasteiger partial charge in [0.15, 0.2) is 0 Å². The van der Waals surface area contributed by atoms with Crippen molar-refractivity contribution in [3.63, 3.8) is 0 Å². The van der Waals surface area contributed by atoms with Crippen LogP contribution in [0.2, 0.25) is 0 Å². The molecule has 0 bridgehead atoms. The van der Waals surface area contributed by atoms with E-state index in [4.69, 9.17) is 5.73 Å². The number of rotatable bonds is 5. The first kappa shape index (κ1) is 13.1. The van der Waals surface area contributed by atoms with Crippen molar-refractivity contribution in [1.29, 1.82) is 0 Å². The van der Waals surface area contributed by atoms with Gasteiger partial charge in [-0.2, -0.15) is 0 Å². The molecule has 90 valence electrons. The van der Waals surface area contributed by atoms with Gasteiger partial charge in [-0.25, -0.2) is 12.8 Å². The zero-order chi connectivity index (χ0) is 12.1. The lowest BCUT2D eigenvalue weighted by Gasteiger charge is -2.16. The summed E-state index contributed by atoms with van der Waals surface area (Å²) in [5, 5.41) is 9.58. The molecule has 16 heavy (non-hydrogen) atoms. The van der Waals surface area contributed by atoms with E-state index in [0.29, 0.717) is 11.1 Å². The number of hydrogen-bond donors (Lipinski definition) is 3. The molecule has 0 aliphatic carbocycles. The molecule has 0 radical (unpaired) electrons. The molecule has 4 nitrogen and oxygen atoms in total.